The second kappa shape index (κ2) is 5.88. The van der Waals surface area contributed by atoms with Crippen LogP contribution in [-0.4, -0.2) is 39.1 Å². The number of carbonyl (C=O) groups is 1. The average Bonchev–Trinajstić information content (AvgIpc) is 2.97. The first kappa shape index (κ1) is 13.5. The van der Waals surface area contributed by atoms with Gasteiger partial charge in [-0.25, -0.2) is 5.10 Å². The second-order valence-corrected chi connectivity index (χ2v) is 4.81. The smallest absolute Gasteiger partial charge is 0.276 e. The van der Waals surface area contributed by atoms with Gasteiger partial charge in [0.1, 0.15) is 5.69 Å². The maximum absolute atomic E-state index is 12.0. The summed E-state index contributed by atoms with van der Waals surface area (Å²) in [5.74, 6) is -0.391. The van der Waals surface area contributed by atoms with Crippen LogP contribution >= 0.6 is 0 Å². The van der Waals surface area contributed by atoms with Gasteiger partial charge in [-0.1, -0.05) is 0 Å². The van der Waals surface area contributed by atoms with Gasteiger partial charge in [-0.05, 0) is 18.9 Å². The van der Waals surface area contributed by atoms with Crippen molar-refractivity contribution in [2.24, 2.45) is 0 Å². The lowest BCUT2D eigenvalue weighted by Crippen LogP contribution is -2.20. The van der Waals surface area contributed by atoms with Crippen LogP contribution in [-0.2, 0) is 4.74 Å². The van der Waals surface area contributed by atoms with Crippen LogP contribution < -0.4 is 10.9 Å². The fourth-order valence-electron chi connectivity index (χ4n) is 2.22. The zero-order chi connectivity index (χ0) is 14.7. The summed E-state index contributed by atoms with van der Waals surface area (Å²) >= 11 is 0. The van der Waals surface area contributed by atoms with Gasteiger partial charge >= 0.3 is 0 Å². The summed E-state index contributed by atoms with van der Waals surface area (Å²) in [5.41, 5.74) is 0.395. The van der Waals surface area contributed by atoms with Crippen molar-refractivity contribution in [1.29, 1.82) is 0 Å². The molecule has 2 N–H and O–H groups in total. The molecule has 0 saturated carbocycles. The molecule has 0 bridgehead atoms. The molecule has 0 radical (unpaired) electrons. The molecular formula is C13H15N5O3. The Balaban J connectivity index is 1.67. The van der Waals surface area contributed by atoms with Gasteiger partial charge in [0, 0.05) is 25.5 Å². The van der Waals surface area contributed by atoms with E-state index >= 15 is 0 Å². The van der Waals surface area contributed by atoms with E-state index in [9.17, 15) is 9.59 Å². The van der Waals surface area contributed by atoms with Crippen molar-refractivity contribution in [3.8, 4) is 0 Å². The highest BCUT2D eigenvalue weighted by molar-refractivity contribution is 6.02. The Kier molecular flexibility index (Phi) is 3.78. The first-order valence-electron chi connectivity index (χ1n) is 6.71. The van der Waals surface area contributed by atoms with Crippen molar-refractivity contribution in [2.45, 2.75) is 18.9 Å². The van der Waals surface area contributed by atoms with E-state index in [1.54, 1.807) is 12.4 Å². The number of hydrogen-bond acceptors (Lipinski definition) is 5. The zero-order valence-corrected chi connectivity index (χ0v) is 11.3. The molecule has 2 aromatic rings. The van der Waals surface area contributed by atoms with E-state index in [4.69, 9.17) is 4.74 Å². The number of hydrogen-bond donors (Lipinski definition) is 2. The highest BCUT2D eigenvalue weighted by Gasteiger charge is 2.17. The topological polar surface area (TPSA) is 102 Å². The van der Waals surface area contributed by atoms with E-state index in [1.165, 1.54) is 12.1 Å². The quantitative estimate of drug-likeness (QED) is 0.860. The number of nitrogens with zero attached hydrogens (tertiary/aromatic N) is 3. The summed E-state index contributed by atoms with van der Waals surface area (Å²) in [6.45, 7) is 1.46. The van der Waals surface area contributed by atoms with Crippen LogP contribution in [0.3, 0.4) is 0 Å². The first-order chi connectivity index (χ1) is 10.2. The van der Waals surface area contributed by atoms with Crippen molar-refractivity contribution < 1.29 is 9.53 Å². The van der Waals surface area contributed by atoms with E-state index in [2.05, 4.69) is 20.6 Å². The molecule has 0 unspecified atom stereocenters. The molecule has 110 valence electrons. The van der Waals surface area contributed by atoms with Gasteiger partial charge in [0.15, 0.2) is 0 Å². The molecule has 8 heteroatoms. The fraction of sp³-hybridized carbons (Fsp3) is 0.385. The Morgan fingerprint density at radius 3 is 2.90 bits per heavy atom. The van der Waals surface area contributed by atoms with Crippen LogP contribution in [0.5, 0.6) is 0 Å². The highest BCUT2D eigenvalue weighted by Crippen LogP contribution is 2.21. The predicted molar refractivity (Wildman–Crippen MR) is 74.1 cm³/mol. The Morgan fingerprint density at radius 1 is 1.38 bits per heavy atom. The first-order valence-corrected chi connectivity index (χ1v) is 6.71. The van der Waals surface area contributed by atoms with Gasteiger partial charge in [-0.15, -0.1) is 0 Å². The van der Waals surface area contributed by atoms with Crippen LogP contribution in [0.25, 0.3) is 0 Å². The number of H-pyrrole nitrogens is 1. The number of carbonyl (C=O) groups excluding carboxylic acids is 1. The number of amides is 1. The van der Waals surface area contributed by atoms with Crippen molar-refractivity contribution in [3.63, 3.8) is 0 Å². The number of aromatic nitrogens is 4. The molecule has 8 nitrogen and oxygen atoms in total. The van der Waals surface area contributed by atoms with Gasteiger partial charge in [0.2, 0.25) is 0 Å². The minimum Gasteiger partial charge on any atom is -0.381 e. The van der Waals surface area contributed by atoms with E-state index < -0.39 is 5.91 Å². The van der Waals surface area contributed by atoms with Gasteiger partial charge in [-0.3, -0.25) is 14.3 Å². The monoisotopic (exact) mass is 289 g/mol. The second-order valence-electron chi connectivity index (χ2n) is 4.81. The average molecular weight is 289 g/mol. The third-order valence-electron chi connectivity index (χ3n) is 3.34. The standard InChI is InChI=1S/C13H15N5O3/c19-12-2-1-11(16-17-12)13(20)15-9-7-14-18(8-9)10-3-5-21-6-4-10/h1-2,7-8,10H,3-6H2,(H,15,20)(H,17,19). The van der Waals surface area contributed by atoms with Crippen molar-refractivity contribution in [1.82, 2.24) is 20.0 Å². The lowest BCUT2D eigenvalue weighted by atomic mass is 10.1. The SMILES string of the molecule is O=C(Nc1cnn(C2CCOCC2)c1)c1ccc(=O)[nH]n1. The summed E-state index contributed by atoms with van der Waals surface area (Å²) in [6, 6.07) is 2.93. The number of ether oxygens (including phenoxy) is 1. The third kappa shape index (κ3) is 3.16. The van der Waals surface area contributed by atoms with Gasteiger partial charge < -0.3 is 10.1 Å². The lowest BCUT2D eigenvalue weighted by Gasteiger charge is -2.22. The summed E-state index contributed by atoms with van der Waals surface area (Å²) in [4.78, 5) is 22.9. The molecule has 0 atom stereocenters. The molecule has 1 amide bonds. The van der Waals surface area contributed by atoms with Crippen LogP contribution in [0.15, 0.2) is 29.3 Å². The molecular weight excluding hydrogens is 274 g/mol. The van der Waals surface area contributed by atoms with Crippen LogP contribution in [0.4, 0.5) is 5.69 Å². The minimum atomic E-state index is -0.391. The number of anilines is 1. The Labute approximate surface area is 120 Å². The Bertz CT molecular complexity index is 667. The summed E-state index contributed by atoms with van der Waals surface area (Å²) in [7, 11) is 0. The summed E-state index contributed by atoms with van der Waals surface area (Å²) in [6.07, 6.45) is 5.21. The maximum atomic E-state index is 12.0. The van der Waals surface area contributed by atoms with Crippen LogP contribution in [0.1, 0.15) is 29.4 Å². The number of nitrogens with one attached hydrogen (secondary N) is 2. The molecule has 3 heterocycles. The molecule has 21 heavy (non-hydrogen) atoms. The molecule has 0 aliphatic carbocycles. The van der Waals surface area contributed by atoms with Crippen LogP contribution in [0, 0.1) is 0 Å². The normalized spacial score (nSPS) is 15.8. The molecule has 0 spiro atoms. The van der Waals surface area contributed by atoms with Crippen LogP contribution in [0.2, 0.25) is 0 Å². The summed E-state index contributed by atoms with van der Waals surface area (Å²) < 4.78 is 7.16. The Hall–Kier alpha value is -2.48. The number of rotatable bonds is 3. The van der Waals surface area contributed by atoms with E-state index in [0.717, 1.165) is 26.1 Å². The lowest BCUT2D eigenvalue weighted by molar-refractivity contribution is 0.0662. The molecule has 1 fully saturated rings. The zero-order valence-electron chi connectivity index (χ0n) is 11.3. The Morgan fingerprint density at radius 2 is 2.19 bits per heavy atom. The van der Waals surface area contributed by atoms with Gasteiger partial charge in [0.25, 0.3) is 11.5 Å². The summed E-state index contributed by atoms with van der Waals surface area (Å²) in [5, 5.41) is 12.9. The van der Waals surface area contributed by atoms with Crippen molar-refractivity contribution in [3.05, 3.63) is 40.6 Å². The van der Waals surface area contributed by atoms with E-state index in [-0.39, 0.29) is 11.3 Å². The molecule has 3 rings (SSSR count). The maximum Gasteiger partial charge on any atom is 0.276 e. The molecule has 1 aliphatic heterocycles. The van der Waals surface area contributed by atoms with Gasteiger partial charge in [0.05, 0.1) is 17.9 Å². The molecule has 2 aromatic heterocycles. The molecule has 1 aliphatic rings. The van der Waals surface area contributed by atoms with Gasteiger partial charge in [-0.2, -0.15) is 10.2 Å². The van der Waals surface area contributed by atoms with Crippen molar-refractivity contribution in [2.75, 3.05) is 18.5 Å². The highest BCUT2D eigenvalue weighted by atomic mass is 16.5. The van der Waals surface area contributed by atoms with E-state index in [0.29, 0.717) is 11.7 Å². The van der Waals surface area contributed by atoms with E-state index in [1.807, 2.05) is 4.68 Å². The predicted octanol–water partition coefficient (Wildman–Crippen LogP) is 0.570. The molecule has 1 saturated heterocycles. The van der Waals surface area contributed by atoms with Crippen molar-refractivity contribution >= 4 is 11.6 Å². The third-order valence-corrected chi connectivity index (χ3v) is 3.34. The largest absolute Gasteiger partial charge is 0.381 e. The minimum absolute atomic E-state index is 0.147. The fourth-order valence-corrected chi connectivity index (χ4v) is 2.22. The molecule has 0 aromatic carbocycles. The number of aromatic amines is 1.